The third kappa shape index (κ3) is 0.856. The fourth-order valence-corrected chi connectivity index (χ4v) is 2.04. The van der Waals surface area contributed by atoms with Crippen molar-refractivity contribution >= 4 is 0 Å². The van der Waals surface area contributed by atoms with Gasteiger partial charge in [-0.25, -0.2) is 0 Å². The molecule has 0 saturated carbocycles. The van der Waals surface area contributed by atoms with E-state index in [0.29, 0.717) is 6.04 Å². The Bertz CT molecular complexity index is 151. The molecule has 2 heterocycles. The number of quaternary nitrogens is 1. The molecular weight excluding hydrogens is 128 g/mol. The molecule has 0 spiro atoms. The Balaban J connectivity index is 2.12. The quantitative estimate of drug-likeness (QED) is 0.352. The minimum atomic E-state index is 0.0923. The van der Waals surface area contributed by atoms with Crippen LogP contribution in [0.25, 0.3) is 0 Å². The van der Waals surface area contributed by atoms with Crippen LogP contribution in [-0.4, -0.2) is 48.8 Å². The lowest BCUT2D eigenvalue weighted by molar-refractivity contribution is -0.872. The lowest BCUT2D eigenvalue weighted by Crippen LogP contribution is -2.52. The molecule has 2 fully saturated rings. The predicted molar refractivity (Wildman–Crippen MR) is 39.3 cm³/mol. The van der Waals surface area contributed by atoms with Gasteiger partial charge in [0.1, 0.15) is 0 Å². The van der Waals surface area contributed by atoms with Gasteiger partial charge < -0.3 is 9.85 Å². The maximum atomic E-state index is 11.6. The van der Waals surface area contributed by atoms with Gasteiger partial charge in [-0.1, -0.05) is 0 Å². The van der Waals surface area contributed by atoms with Gasteiger partial charge in [0.25, 0.3) is 0 Å². The summed E-state index contributed by atoms with van der Waals surface area (Å²) < 4.78 is 0.0923. The Morgan fingerprint density at radius 2 is 2.30 bits per heavy atom. The first-order valence-corrected chi connectivity index (χ1v) is 3.97. The summed E-state index contributed by atoms with van der Waals surface area (Å²) in [6.45, 7) is 3.51. The summed E-state index contributed by atoms with van der Waals surface area (Å²) in [5.74, 6) is 0. The Labute approximate surface area is 61.4 Å². The molecule has 2 aliphatic rings. The van der Waals surface area contributed by atoms with Crippen LogP contribution < -0.4 is 0 Å². The van der Waals surface area contributed by atoms with Crippen LogP contribution in [0.4, 0.5) is 0 Å². The zero-order valence-electron chi connectivity index (χ0n) is 6.42. The second-order valence-corrected chi connectivity index (χ2v) is 3.61. The maximum Gasteiger partial charge on any atom is 0.0944 e. The van der Waals surface area contributed by atoms with E-state index in [2.05, 4.69) is 11.9 Å². The molecule has 3 nitrogen and oxygen atoms in total. The van der Waals surface area contributed by atoms with E-state index in [4.69, 9.17) is 0 Å². The van der Waals surface area contributed by atoms with Crippen LogP contribution in [0.2, 0.25) is 0 Å². The normalized spacial score (nSPS) is 48.0. The van der Waals surface area contributed by atoms with Crippen molar-refractivity contribution in [3.8, 4) is 0 Å². The highest BCUT2D eigenvalue weighted by Crippen LogP contribution is 2.25. The number of hydrogen-bond donors (Lipinski definition) is 0. The molecule has 2 rings (SSSR count). The average Bonchev–Trinajstić information content (AvgIpc) is 2.23. The molecule has 10 heavy (non-hydrogen) atoms. The van der Waals surface area contributed by atoms with Crippen LogP contribution in [0.5, 0.6) is 0 Å². The van der Waals surface area contributed by atoms with Gasteiger partial charge >= 0.3 is 0 Å². The van der Waals surface area contributed by atoms with Gasteiger partial charge in [-0.15, -0.1) is 0 Å². The highest BCUT2D eigenvalue weighted by Gasteiger charge is 2.38. The van der Waals surface area contributed by atoms with E-state index < -0.39 is 0 Å². The summed E-state index contributed by atoms with van der Waals surface area (Å²) >= 11 is 0. The topological polar surface area (TPSA) is 26.3 Å². The highest BCUT2D eigenvalue weighted by molar-refractivity contribution is 4.79. The molecule has 3 heteroatoms. The third-order valence-corrected chi connectivity index (χ3v) is 2.90. The maximum absolute atomic E-state index is 11.6. The first kappa shape index (κ1) is 6.58. The smallest absolute Gasteiger partial charge is 0.0944 e. The molecule has 0 aromatic heterocycles. The lowest BCUT2D eigenvalue weighted by Gasteiger charge is -2.43. The molecule has 2 bridgehead atoms. The number of hydroxylamine groups is 3. The average molecular weight is 142 g/mol. The molecule has 2 aliphatic heterocycles. The van der Waals surface area contributed by atoms with Gasteiger partial charge in [0.2, 0.25) is 0 Å². The van der Waals surface area contributed by atoms with Crippen LogP contribution in [0.3, 0.4) is 0 Å². The first-order chi connectivity index (χ1) is 4.70. The fourth-order valence-electron chi connectivity index (χ4n) is 2.04. The highest BCUT2D eigenvalue weighted by atomic mass is 16.5. The largest absolute Gasteiger partial charge is 0.633 e. The van der Waals surface area contributed by atoms with Gasteiger partial charge in [0, 0.05) is 13.0 Å². The van der Waals surface area contributed by atoms with Gasteiger partial charge in [-0.05, 0) is 7.05 Å². The molecule has 2 saturated heterocycles. The summed E-state index contributed by atoms with van der Waals surface area (Å²) in [5.41, 5.74) is 0. The predicted octanol–water partition coefficient (Wildman–Crippen LogP) is 0.0187. The molecule has 0 radical (unpaired) electrons. The van der Waals surface area contributed by atoms with E-state index in [0.717, 1.165) is 32.6 Å². The van der Waals surface area contributed by atoms with Crippen molar-refractivity contribution < 1.29 is 4.65 Å². The van der Waals surface area contributed by atoms with Gasteiger partial charge in [-0.2, -0.15) is 0 Å². The van der Waals surface area contributed by atoms with Crippen LogP contribution in [0, 0.1) is 5.21 Å². The molecule has 0 amide bonds. The molecule has 2 atom stereocenters. The Morgan fingerprint density at radius 1 is 1.50 bits per heavy atom. The Hall–Kier alpha value is -0.120. The standard InChI is InChI=1S/C7H14N2O/c1-8-3-5-9(10)4-2-7(8)6-9/h7H,2-6H2,1H3. The minimum absolute atomic E-state index is 0.0923. The first-order valence-electron chi connectivity index (χ1n) is 3.97. The summed E-state index contributed by atoms with van der Waals surface area (Å²) in [6, 6.07) is 0.589. The molecule has 2 unspecified atom stereocenters. The SMILES string of the molecule is CN1CC[N+]2([O-])CCC1C2. The Morgan fingerprint density at radius 3 is 3.00 bits per heavy atom. The van der Waals surface area contributed by atoms with Gasteiger partial charge in [-0.3, -0.25) is 4.90 Å². The van der Waals surface area contributed by atoms with Crippen LogP contribution in [0.1, 0.15) is 6.42 Å². The number of piperazine rings is 1. The van der Waals surface area contributed by atoms with Crippen molar-refractivity contribution in [3.05, 3.63) is 5.21 Å². The van der Waals surface area contributed by atoms with Crippen LogP contribution in [-0.2, 0) is 0 Å². The number of nitrogens with zero attached hydrogens (tertiary/aromatic N) is 2. The van der Waals surface area contributed by atoms with E-state index in [9.17, 15) is 5.21 Å². The number of hydrogen-bond acceptors (Lipinski definition) is 2. The lowest BCUT2D eigenvalue weighted by atomic mass is 10.2. The van der Waals surface area contributed by atoms with Crippen molar-refractivity contribution in [2.45, 2.75) is 12.5 Å². The number of rotatable bonds is 0. The van der Waals surface area contributed by atoms with Crippen molar-refractivity contribution in [1.29, 1.82) is 0 Å². The zero-order valence-corrected chi connectivity index (χ0v) is 6.42. The molecular formula is C7H14N2O. The van der Waals surface area contributed by atoms with E-state index in [1.165, 1.54) is 0 Å². The third-order valence-electron chi connectivity index (χ3n) is 2.90. The van der Waals surface area contributed by atoms with Crippen molar-refractivity contribution in [2.75, 3.05) is 33.2 Å². The van der Waals surface area contributed by atoms with Crippen molar-refractivity contribution in [2.24, 2.45) is 0 Å². The molecule has 0 aromatic carbocycles. The van der Waals surface area contributed by atoms with E-state index in [1.54, 1.807) is 0 Å². The van der Waals surface area contributed by atoms with Gasteiger partial charge in [0.15, 0.2) is 0 Å². The zero-order chi connectivity index (χ0) is 7.19. The van der Waals surface area contributed by atoms with Crippen LogP contribution in [0.15, 0.2) is 0 Å². The number of likely N-dealkylation sites (N-methyl/N-ethyl adjacent to an activating group) is 1. The fraction of sp³-hybridized carbons (Fsp3) is 1.00. The van der Waals surface area contributed by atoms with Crippen molar-refractivity contribution in [3.63, 3.8) is 0 Å². The van der Waals surface area contributed by atoms with E-state index in [-0.39, 0.29) is 4.65 Å². The molecule has 0 aromatic rings. The summed E-state index contributed by atoms with van der Waals surface area (Å²) in [4.78, 5) is 2.32. The van der Waals surface area contributed by atoms with E-state index >= 15 is 0 Å². The molecule has 0 aliphatic carbocycles. The van der Waals surface area contributed by atoms with Gasteiger partial charge in [0.05, 0.1) is 25.7 Å². The summed E-state index contributed by atoms with van der Waals surface area (Å²) in [5, 5.41) is 11.6. The minimum Gasteiger partial charge on any atom is -0.633 e. The summed E-state index contributed by atoms with van der Waals surface area (Å²) in [6.07, 6.45) is 1.11. The molecule has 58 valence electrons. The monoisotopic (exact) mass is 142 g/mol. The number of fused-ring (bicyclic) bond motifs is 2. The Kier molecular flexibility index (Phi) is 1.27. The van der Waals surface area contributed by atoms with E-state index in [1.807, 2.05) is 0 Å². The molecule has 0 N–H and O–H groups in total. The second-order valence-electron chi connectivity index (χ2n) is 3.61. The second kappa shape index (κ2) is 1.94. The van der Waals surface area contributed by atoms with Crippen molar-refractivity contribution in [1.82, 2.24) is 4.90 Å². The summed E-state index contributed by atoms with van der Waals surface area (Å²) in [7, 11) is 2.12. The van der Waals surface area contributed by atoms with Crippen LogP contribution >= 0.6 is 0 Å².